The van der Waals surface area contributed by atoms with Crippen LogP contribution in [-0.2, 0) is 12.8 Å². The summed E-state index contributed by atoms with van der Waals surface area (Å²) < 4.78 is 0. The van der Waals surface area contributed by atoms with E-state index in [0.29, 0.717) is 0 Å². The average Bonchev–Trinajstić information content (AvgIpc) is 2.80. The summed E-state index contributed by atoms with van der Waals surface area (Å²) in [7, 11) is 0. The number of rotatable bonds is 5. The molecule has 102 valence electrons. The Bertz CT molecular complexity index is 358. The smallest absolute Gasteiger partial charge is 0.00988 e. The zero-order valence-electron chi connectivity index (χ0n) is 12.0. The first-order valence-corrected chi connectivity index (χ1v) is 8.35. The van der Waals surface area contributed by atoms with Crippen LogP contribution in [0.2, 0.25) is 0 Å². The molecule has 1 aliphatic rings. The zero-order chi connectivity index (χ0) is 13.0. The molecule has 1 nitrogen and oxygen atoms in total. The standard InChI is InChI=1S/C16H27NS/c1-4-14-7-8-15(18-14)11-13-10-12(3)6-9-16(13)17-5-2/h7-8,12-13,16-17H,4-6,9-11H2,1-3H3. The van der Waals surface area contributed by atoms with E-state index in [0.717, 1.165) is 24.4 Å². The van der Waals surface area contributed by atoms with Gasteiger partial charge in [-0.3, -0.25) is 0 Å². The third-order valence-corrected chi connectivity index (χ3v) is 5.49. The molecular formula is C16H27NS. The third kappa shape index (κ3) is 3.58. The maximum atomic E-state index is 3.70. The minimum absolute atomic E-state index is 0.748. The molecule has 0 aromatic carbocycles. The quantitative estimate of drug-likeness (QED) is 0.838. The minimum atomic E-state index is 0.748. The summed E-state index contributed by atoms with van der Waals surface area (Å²) >= 11 is 2.02. The first kappa shape index (κ1) is 14.1. The van der Waals surface area contributed by atoms with Crippen LogP contribution >= 0.6 is 11.3 Å². The lowest BCUT2D eigenvalue weighted by Gasteiger charge is -2.35. The van der Waals surface area contributed by atoms with Crippen LogP contribution in [0.5, 0.6) is 0 Å². The Morgan fingerprint density at radius 2 is 2.00 bits per heavy atom. The van der Waals surface area contributed by atoms with Crippen molar-refractivity contribution in [3.05, 3.63) is 21.9 Å². The van der Waals surface area contributed by atoms with Crippen molar-refractivity contribution < 1.29 is 0 Å². The molecule has 1 aromatic rings. The minimum Gasteiger partial charge on any atom is -0.314 e. The predicted molar refractivity (Wildman–Crippen MR) is 81.4 cm³/mol. The fraction of sp³-hybridized carbons (Fsp3) is 0.750. The van der Waals surface area contributed by atoms with Crippen molar-refractivity contribution in [1.82, 2.24) is 5.32 Å². The van der Waals surface area contributed by atoms with Crippen molar-refractivity contribution in [3.63, 3.8) is 0 Å². The Balaban J connectivity index is 1.99. The maximum absolute atomic E-state index is 3.70. The van der Waals surface area contributed by atoms with Crippen LogP contribution in [0.15, 0.2) is 12.1 Å². The van der Waals surface area contributed by atoms with E-state index in [1.165, 1.54) is 37.0 Å². The van der Waals surface area contributed by atoms with E-state index in [9.17, 15) is 0 Å². The molecule has 18 heavy (non-hydrogen) atoms. The van der Waals surface area contributed by atoms with Crippen LogP contribution in [-0.4, -0.2) is 12.6 Å². The number of nitrogens with one attached hydrogen (secondary N) is 1. The van der Waals surface area contributed by atoms with Gasteiger partial charge in [0.25, 0.3) is 0 Å². The number of thiophene rings is 1. The van der Waals surface area contributed by atoms with E-state index in [1.54, 1.807) is 4.88 Å². The molecule has 2 rings (SSSR count). The average molecular weight is 265 g/mol. The second-order valence-electron chi connectivity index (χ2n) is 5.77. The molecule has 0 bridgehead atoms. The van der Waals surface area contributed by atoms with E-state index in [4.69, 9.17) is 0 Å². The summed E-state index contributed by atoms with van der Waals surface area (Å²) in [5.74, 6) is 1.76. The molecule has 1 fully saturated rings. The van der Waals surface area contributed by atoms with E-state index in [-0.39, 0.29) is 0 Å². The number of hydrogen-bond acceptors (Lipinski definition) is 2. The van der Waals surface area contributed by atoms with Gasteiger partial charge >= 0.3 is 0 Å². The van der Waals surface area contributed by atoms with Crippen LogP contribution in [0.4, 0.5) is 0 Å². The van der Waals surface area contributed by atoms with Gasteiger partial charge < -0.3 is 5.32 Å². The van der Waals surface area contributed by atoms with Crippen molar-refractivity contribution in [3.8, 4) is 0 Å². The van der Waals surface area contributed by atoms with Crippen LogP contribution in [0, 0.1) is 11.8 Å². The highest BCUT2D eigenvalue weighted by Gasteiger charge is 2.28. The zero-order valence-corrected chi connectivity index (χ0v) is 12.9. The first-order valence-electron chi connectivity index (χ1n) is 7.53. The van der Waals surface area contributed by atoms with Gasteiger partial charge in [0, 0.05) is 15.8 Å². The molecule has 1 aliphatic carbocycles. The fourth-order valence-electron chi connectivity index (χ4n) is 3.24. The monoisotopic (exact) mass is 265 g/mol. The van der Waals surface area contributed by atoms with Gasteiger partial charge in [-0.25, -0.2) is 0 Å². The van der Waals surface area contributed by atoms with Crippen molar-refractivity contribution >= 4 is 11.3 Å². The van der Waals surface area contributed by atoms with E-state index < -0.39 is 0 Å². The summed E-state index contributed by atoms with van der Waals surface area (Å²) in [6, 6.07) is 5.42. The van der Waals surface area contributed by atoms with Crippen LogP contribution < -0.4 is 5.32 Å². The molecule has 1 N–H and O–H groups in total. The SMILES string of the molecule is CCNC1CCC(C)CC1Cc1ccc(CC)s1. The highest BCUT2D eigenvalue weighted by Crippen LogP contribution is 2.33. The van der Waals surface area contributed by atoms with Crippen molar-refractivity contribution in [2.75, 3.05) is 6.54 Å². The summed E-state index contributed by atoms with van der Waals surface area (Å²) in [5, 5.41) is 3.70. The molecule has 3 unspecified atom stereocenters. The molecule has 1 heterocycles. The van der Waals surface area contributed by atoms with E-state index >= 15 is 0 Å². The molecule has 2 heteroatoms. The maximum Gasteiger partial charge on any atom is 0.00988 e. The normalized spacial score (nSPS) is 28.5. The lowest BCUT2D eigenvalue weighted by molar-refractivity contribution is 0.215. The third-order valence-electron chi connectivity index (χ3n) is 4.24. The lowest BCUT2D eigenvalue weighted by Crippen LogP contribution is -2.41. The van der Waals surface area contributed by atoms with Gasteiger partial charge in [0.1, 0.15) is 0 Å². The Morgan fingerprint density at radius 3 is 2.67 bits per heavy atom. The molecule has 1 aromatic heterocycles. The topological polar surface area (TPSA) is 12.0 Å². The van der Waals surface area contributed by atoms with Gasteiger partial charge in [-0.05, 0) is 62.6 Å². The highest BCUT2D eigenvalue weighted by atomic mass is 32.1. The molecule has 0 spiro atoms. The molecule has 1 saturated carbocycles. The van der Waals surface area contributed by atoms with Crippen molar-refractivity contribution in [1.29, 1.82) is 0 Å². The number of aryl methyl sites for hydroxylation is 1. The van der Waals surface area contributed by atoms with Crippen LogP contribution in [0.3, 0.4) is 0 Å². The predicted octanol–water partition coefficient (Wildman–Crippen LogP) is 4.27. The molecule has 0 amide bonds. The van der Waals surface area contributed by atoms with Crippen molar-refractivity contribution in [2.24, 2.45) is 11.8 Å². The van der Waals surface area contributed by atoms with Gasteiger partial charge in [0.05, 0.1) is 0 Å². The van der Waals surface area contributed by atoms with Gasteiger partial charge in [0.15, 0.2) is 0 Å². The summed E-state index contributed by atoms with van der Waals surface area (Å²) in [5.41, 5.74) is 0. The summed E-state index contributed by atoms with van der Waals surface area (Å²) in [4.78, 5) is 3.13. The van der Waals surface area contributed by atoms with Crippen LogP contribution in [0.25, 0.3) is 0 Å². The summed E-state index contributed by atoms with van der Waals surface area (Å²) in [6.45, 7) is 8.01. The van der Waals surface area contributed by atoms with Gasteiger partial charge in [-0.15, -0.1) is 11.3 Å². The van der Waals surface area contributed by atoms with E-state index in [1.807, 2.05) is 11.3 Å². The first-order chi connectivity index (χ1) is 8.72. The Labute approximate surface area is 116 Å². The second kappa shape index (κ2) is 6.72. The van der Waals surface area contributed by atoms with Crippen molar-refractivity contribution in [2.45, 2.75) is 58.9 Å². The number of hydrogen-bond donors (Lipinski definition) is 1. The largest absolute Gasteiger partial charge is 0.314 e. The van der Waals surface area contributed by atoms with E-state index in [2.05, 4.69) is 38.2 Å². The van der Waals surface area contributed by atoms with Gasteiger partial charge in [-0.1, -0.05) is 20.8 Å². The molecule has 0 saturated heterocycles. The second-order valence-corrected chi connectivity index (χ2v) is 7.02. The highest BCUT2D eigenvalue weighted by molar-refractivity contribution is 7.11. The van der Waals surface area contributed by atoms with Gasteiger partial charge in [0.2, 0.25) is 0 Å². The Kier molecular flexibility index (Phi) is 5.25. The van der Waals surface area contributed by atoms with Crippen LogP contribution in [0.1, 0.15) is 49.8 Å². The molecule has 3 atom stereocenters. The summed E-state index contributed by atoms with van der Waals surface area (Å²) in [6.07, 6.45) is 6.64. The van der Waals surface area contributed by atoms with Gasteiger partial charge in [-0.2, -0.15) is 0 Å². The Hall–Kier alpha value is -0.340. The molecular weight excluding hydrogens is 238 g/mol. The molecule has 0 aliphatic heterocycles. The Morgan fingerprint density at radius 1 is 1.22 bits per heavy atom. The molecule has 0 radical (unpaired) electrons. The lowest BCUT2D eigenvalue weighted by atomic mass is 9.77. The fourth-order valence-corrected chi connectivity index (χ4v) is 4.29.